The third-order valence-corrected chi connectivity index (χ3v) is 2.89. The van der Waals surface area contributed by atoms with Gasteiger partial charge >= 0.3 is 0 Å². The summed E-state index contributed by atoms with van der Waals surface area (Å²) in [5, 5.41) is 2.88. The average Bonchev–Trinajstić information content (AvgIpc) is 2.40. The lowest BCUT2D eigenvalue weighted by atomic mass is 10.0. The summed E-state index contributed by atoms with van der Waals surface area (Å²) >= 11 is 0. The zero-order chi connectivity index (χ0) is 9.80. The number of nitrogens with one attached hydrogen (secondary N) is 1. The van der Waals surface area contributed by atoms with E-state index in [1.807, 2.05) is 0 Å². The van der Waals surface area contributed by atoms with Crippen LogP contribution in [0, 0.1) is 0 Å². The molecule has 1 amide bonds. The molecule has 2 rings (SSSR count). The Morgan fingerprint density at radius 1 is 1.29 bits per heavy atom. The van der Waals surface area contributed by atoms with Crippen molar-refractivity contribution in [1.29, 1.82) is 0 Å². The molecule has 2 heteroatoms. The van der Waals surface area contributed by atoms with E-state index in [9.17, 15) is 4.79 Å². The molecule has 2 nitrogen and oxygen atoms in total. The molecule has 0 aromatic heterocycles. The second-order valence-corrected chi connectivity index (χ2v) is 3.85. The van der Waals surface area contributed by atoms with Crippen molar-refractivity contribution < 1.29 is 4.79 Å². The van der Waals surface area contributed by atoms with Crippen LogP contribution in [0.25, 0.3) is 0 Å². The fourth-order valence-electron chi connectivity index (χ4n) is 2.15. The molecule has 14 heavy (non-hydrogen) atoms. The van der Waals surface area contributed by atoms with Crippen molar-refractivity contribution in [3.05, 3.63) is 35.4 Å². The van der Waals surface area contributed by atoms with E-state index < -0.39 is 0 Å². The molecule has 0 bridgehead atoms. The summed E-state index contributed by atoms with van der Waals surface area (Å²) in [4.78, 5) is 10.4. The fourth-order valence-corrected chi connectivity index (χ4v) is 2.15. The first kappa shape index (κ1) is 9.25. The molecule has 1 aromatic carbocycles. The lowest BCUT2D eigenvalue weighted by Crippen LogP contribution is -2.29. The van der Waals surface area contributed by atoms with Gasteiger partial charge in [0.25, 0.3) is 0 Å². The predicted molar refractivity (Wildman–Crippen MR) is 56.1 cm³/mol. The third-order valence-electron chi connectivity index (χ3n) is 2.89. The molecular weight excluding hydrogens is 174 g/mol. The van der Waals surface area contributed by atoms with Gasteiger partial charge in [0.05, 0.1) is 0 Å². The molecule has 0 radical (unpaired) electrons. The SMILES string of the molecule is O=CNC1CCCc2ccccc2C1. The Bertz CT molecular complexity index is 322. The van der Waals surface area contributed by atoms with Crippen LogP contribution in [-0.4, -0.2) is 12.5 Å². The van der Waals surface area contributed by atoms with Crippen LogP contribution in [0.4, 0.5) is 0 Å². The molecule has 0 saturated carbocycles. The van der Waals surface area contributed by atoms with Crippen molar-refractivity contribution in [2.75, 3.05) is 0 Å². The van der Waals surface area contributed by atoms with Gasteiger partial charge in [-0.25, -0.2) is 0 Å². The Kier molecular flexibility index (Phi) is 2.82. The molecule has 1 aromatic rings. The van der Waals surface area contributed by atoms with Crippen LogP contribution in [0.1, 0.15) is 24.0 Å². The number of carbonyl (C=O) groups excluding carboxylic acids is 1. The number of fused-ring (bicyclic) bond motifs is 1. The molecule has 0 saturated heterocycles. The summed E-state index contributed by atoms with van der Waals surface area (Å²) < 4.78 is 0. The van der Waals surface area contributed by atoms with Crippen molar-refractivity contribution in [3.63, 3.8) is 0 Å². The molecule has 74 valence electrons. The Labute approximate surface area is 84.3 Å². The monoisotopic (exact) mass is 189 g/mol. The molecule has 0 heterocycles. The van der Waals surface area contributed by atoms with Crippen molar-refractivity contribution in [1.82, 2.24) is 5.32 Å². The van der Waals surface area contributed by atoms with Crippen LogP contribution in [0.2, 0.25) is 0 Å². The van der Waals surface area contributed by atoms with E-state index in [0.29, 0.717) is 6.04 Å². The molecule has 1 atom stereocenters. The number of hydrogen-bond donors (Lipinski definition) is 1. The second kappa shape index (κ2) is 4.27. The van der Waals surface area contributed by atoms with Gasteiger partial charge in [0.2, 0.25) is 6.41 Å². The topological polar surface area (TPSA) is 29.1 Å². The normalized spacial score (nSPS) is 20.7. The molecule has 1 N–H and O–H groups in total. The number of amides is 1. The first-order valence-electron chi connectivity index (χ1n) is 5.16. The summed E-state index contributed by atoms with van der Waals surface area (Å²) in [5.74, 6) is 0. The zero-order valence-electron chi connectivity index (χ0n) is 8.20. The van der Waals surface area contributed by atoms with Gasteiger partial charge in [0, 0.05) is 6.04 Å². The van der Waals surface area contributed by atoms with Crippen LogP contribution in [0.3, 0.4) is 0 Å². The number of aryl methyl sites for hydroxylation is 1. The van der Waals surface area contributed by atoms with Gasteiger partial charge in [0.15, 0.2) is 0 Å². The lowest BCUT2D eigenvalue weighted by molar-refractivity contribution is -0.110. The van der Waals surface area contributed by atoms with E-state index in [-0.39, 0.29) is 0 Å². The largest absolute Gasteiger partial charge is 0.356 e. The first-order chi connectivity index (χ1) is 6.90. The minimum absolute atomic E-state index is 0.330. The molecule has 0 fully saturated rings. The van der Waals surface area contributed by atoms with E-state index in [1.54, 1.807) is 0 Å². The number of benzene rings is 1. The maximum atomic E-state index is 10.4. The molecule has 1 aliphatic rings. The Balaban J connectivity index is 2.17. The summed E-state index contributed by atoms with van der Waals surface area (Å²) in [6, 6.07) is 8.85. The number of rotatable bonds is 2. The second-order valence-electron chi connectivity index (χ2n) is 3.85. The molecule has 0 aliphatic heterocycles. The predicted octanol–water partition coefficient (Wildman–Crippen LogP) is 1.68. The maximum absolute atomic E-state index is 10.4. The molecule has 0 spiro atoms. The summed E-state index contributed by atoms with van der Waals surface area (Å²) in [5.41, 5.74) is 2.84. The smallest absolute Gasteiger partial charge is 0.207 e. The molecule has 1 unspecified atom stereocenters. The minimum Gasteiger partial charge on any atom is -0.356 e. The van der Waals surface area contributed by atoms with Gasteiger partial charge in [-0.1, -0.05) is 24.3 Å². The summed E-state index contributed by atoms with van der Waals surface area (Å²) in [7, 11) is 0. The van der Waals surface area contributed by atoms with Gasteiger partial charge in [-0.2, -0.15) is 0 Å². The van der Waals surface area contributed by atoms with Crippen LogP contribution >= 0.6 is 0 Å². The summed E-state index contributed by atoms with van der Waals surface area (Å²) in [6.45, 7) is 0. The Morgan fingerprint density at radius 3 is 2.86 bits per heavy atom. The van der Waals surface area contributed by atoms with E-state index >= 15 is 0 Å². The van der Waals surface area contributed by atoms with Gasteiger partial charge in [-0.05, 0) is 36.8 Å². The van der Waals surface area contributed by atoms with E-state index in [0.717, 1.165) is 25.7 Å². The first-order valence-corrected chi connectivity index (χ1v) is 5.16. The van der Waals surface area contributed by atoms with Crippen molar-refractivity contribution in [3.8, 4) is 0 Å². The number of hydrogen-bond acceptors (Lipinski definition) is 1. The number of carbonyl (C=O) groups is 1. The average molecular weight is 189 g/mol. The quantitative estimate of drug-likeness (QED) is 0.556. The highest BCUT2D eigenvalue weighted by atomic mass is 16.1. The Hall–Kier alpha value is -1.31. The van der Waals surface area contributed by atoms with E-state index in [4.69, 9.17) is 0 Å². The highest BCUT2D eigenvalue weighted by molar-refractivity contribution is 5.47. The van der Waals surface area contributed by atoms with Crippen molar-refractivity contribution in [2.45, 2.75) is 31.7 Å². The molecular formula is C12H15NO. The van der Waals surface area contributed by atoms with Crippen LogP contribution < -0.4 is 5.32 Å². The third kappa shape index (κ3) is 1.95. The van der Waals surface area contributed by atoms with Crippen LogP contribution in [-0.2, 0) is 17.6 Å². The summed E-state index contributed by atoms with van der Waals surface area (Å²) in [6.07, 6.45) is 5.21. The standard InChI is InChI=1S/C12H15NO/c14-9-13-12-7-3-6-10-4-1-2-5-11(10)8-12/h1-2,4-5,9,12H,3,6-8H2,(H,13,14). The van der Waals surface area contributed by atoms with Gasteiger partial charge in [0.1, 0.15) is 0 Å². The highest BCUT2D eigenvalue weighted by Crippen LogP contribution is 2.20. The molecule has 1 aliphatic carbocycles. The van der Waals surface area contributed by atoms with Gasteiger partial charge < -0.3 is 5.32 Å². The lowest BCUT2D eigenvalue weighted by Gasteiger charge is -2.12. The van der Waals surface area contributed by atoms with E-state index in [2.05, 4.69) is 29.6 Å². The van der Waals surface area contributed by atoms with Crippen LogP contribution in [0.15, 0.2) is 24.3 Å². The maximum Gasteiger partial charge on any atom is 0.207 e. The highest BCUT2D eigenvalue weighted by Gasteiger charge is 2.14. The van der Waals surface area contributed by atoms with Gasteiger partial charge in [-0.15, -0.1) is 0 Å². The Morgan fingerprint density at radius 2 is 2.07 bits per heavy atom. The fraction of sp³-hybridized carbons (Fsp3) is 0.417. The van der Waals surface area contributed by atoms with Crippen molar-refractivity contribution in [2.24, 2.45) is 0 Å². The van der Waals surface area contributed by atoms with Gasteiger partial charge in [-0.3, -0.25) is 4.79 Å². The zero-order valence-corrected chi connectivity index (χ0v) is 8.20. The van der Waals surface area contributed by atoms with Crippen LogP contribution in [0.5, 0.6) is 0 Å². The van der Waals surface area contributed by atoms with Crippen molar-refractivity contribution >= 4 is 6.41 Å². The van der Waals surface area contributed by atoms with E-state index in [1.165, 1.54) is 17.5 Å². The minimum atomic E-state index is 0.330.